The molecule has 1 heterocycles. The van der Waals surface area contributed by atoms with Crippen molar-refractivity contribution < 1.29 is 4.39 Å². The van der Waals surface area contributed by atoms with Gasteiger partial charge >= 0.3 is 0 Å². The van der Waals surface area contributed by atoms with Crippen molar-refractivity contribution in [2.45, 2.75) is 6.92 Å². The molecule has 62 valence electrons. The Morgan fingerprint density at radius 1 is 1.50 bits per heavy atom. The van der Waals surface area contributed by atoms with Gasteiger partial charge in [0.1, 0.15) is 11.6 Å². The fourth-order valence-electron chi connectivity index (χ4n) is 1.18. The fourth-order valence-corrected chi connectivity index (χ4v) is 1.18. The molecule has 12 heavy (non-hydrogen) atoms. The van der Waals surface area contributed by atoms with Crippen molar-refractivity contribution in [1.29, 1.82) is 0 Å². The van der Waals surface area contributed by atoms with Gasteiger partial charge in [0, 0.05) is 6.07 Å². The number of halogens is 1. The van der Waals surface area contributed by atoms with Crippen molar-refractivity contribution in [3.8, 4) is 0 Å². The number of imidazole rings is 1. The summed E-state index contributed by atoms with van der Waals surface area (Å²) in [6.07, 6.45) is 0. The van der Waals surface area contributed by atoms with Crippen molar-refractivity contribution in [1.82, 2.24) is 9.97 Å². The molecule has 0 amide bonds. The molecule has 1 aromatic heterocycles. The molecule has 0 aliphatic heterocycles. The largest absolute Gasteiger partial charge is 0.396 e. The van der Waals surface area contributed by atoms with Gasteiger partial charge in [-0.2, -0.15) is 0 Å². The third-order valence-electron chi connectivity index (χ3n) is 1.72. The van der Waals surface area contributed by atoms with Gasteiger partial charge in [-0.25, -0.2) is 9.37 Å². The molecule has 0 unspecified atom stereocenters. The number of fused-ring (bicyclic) bond motifs is 1. The zero-order chi connectivity index (χ0) is 8.72. The summed E-state index contributed by atoms with van der Waals surface area (Å²) in [5, 5.41) is 0. The Kier molecular flexibility index (Phi) is 1.30. The number of nitrogens with one attached hydrogen (secondary N) is 1. The first-order chi connectivity index (χ1) is 5.66. The summed E-state index contributed by atoms with van der Waals surface area (Å²) in [5.74, 6) is 0.337. The number of rotatable bonds is 0. The predicted molar refractivity (Wildman–Crippen MR) is 45.2 cm³/mol. The van der Waals surface area contributed by atoms with Crippen molar-refractivity contribution in [3.63, 3.8) is 0 Å². The van der Waals surface area contributed by atoms with Gasteiger partial charge in [0.2, 0.25) is 0 Å². The second-order valence-electron chi connectivity index (χ2n) is 2.71. The van der Waals surface area contributed by atoms with E-state index in [1.54, 1.807) is 6.07 Å². The normalized spacial score (nSPS) is 10.8. The van der Waals surface area contributed by atoms with Gasteiger partial charge in [-0.3, -0.25) is 0 Å². The van der Waals surface area contributed by atoms with Crippen LogP contribution >= 0.6 is 0 Å². The van der Waals surface area contributed by atoms with Gasteiger partial charge in [0.05, 0.1) is 16.7 Å². The molecule has 3 N–H and O–H groups in total. The average molecular weight is 165 g/mol. The van der Waals surface area contributed by atoms with Crippen molar-refractivity contribution in [3.05, 3.63) is 23.8 Å². The molecule has 4 heteroatoms. The molecule has 2 rings (SSSR count). The number of aryl methyl sites for hydroxylation is 1. The number of H-pyrrole nitrogens is 1. The lowest BCUT2D eigenvalue weighted by atomic mass is 10.3. The van der Waals surface area contributed by atoms with Crippen LogP contribution in [0.2, 0.25) is 0 Å². The maximum Gasteiger partial charge on any atom is 0.148 e. The summed E-state index contributed by atoms with van der Waals surface area (Å²) in [6.45, 7) is 1.81. The van der Waals surface area contributed by atoms with Gasteiger partial charge in [-0.1, -0.05) is 0 Å². The standard InChI is InChI=1S/C8H8FN3/c1-4-11-7-2-5(9)6(10)3-8(7)12-4/h2-3H,10H2,1H3,(H,11,12). The molecule has 0 aliphatic carbocycles. The van der Waals surface area contributed by atoms with E-state index in [4.69, 9.17) is 5.73 Å². The summed E-state index contributed by atoms with van der Waals surface area (Å²) in [5.41, 5.74) is 6.90. The highest BCUT2D eigenvalue weighted by Crippen LogP contribution is 2.18. The van der Waals surface area contributed by atoms with E-state index in [1.807, 2.05) is 6.92 Å². The molecule has 3 nitrogen and oxygen atoms in total. The van der Waals surface area contributed by atoms with Gasteiger partial charge < -0.3 is 10.7 Å². The number of hydrogen-bond acceptors (Lipinski definition) is 2. The minimum Gasteiger partial charge on any atom is -0.396 e. The lowest BCUT2D eigenvalue weighted by Gasteiger charge is -1.93. The third-order valence-corrected chi connectivity index (χ3v) is 1.72. The Balaban J connectivity index is 2.83. The van der Waals surface area contributed by atoms with Gasteiger partial charge in [0.15, 0.2) is 0 Å². The van der Waals surface area contributed by atoms with Crippen molar-refractivity contribution in [2.75, 3.05) is 5.73 Å². The van der Waals surface area contributed by atoms with Crippen LogP contribution in [-0.2, 0) is 0 Å². The monoisotopic (exact) mass is 165 g/mol. The highest BCUT2D eigenvalue weighted by molar-refractivity contribution is 5.79. The smallest absolute Gasteiger partial charge is 0.148 e. The molecule has 1 aromatic carbocycles. The van der Waals surface area contributed by atoms with E-state index in [9.17, 15) is 4.39 Å². The van der Waals surface area contributed by atoms with Gasteiger partial charge in [0.25, 0.3) is 0 Å². The number of aromatic amines is 1. The number of nitrogens with two attached hydrogens (primary N) is 1. The summed E-state index contributed by atoms with van der Waals surface area (Å²) in [6, 6.07) is 2.87. The lowest BCUT2D eigenvalue weighted by Crippen LogP contribution is -1.89. The Hall–Kier alpha value is -1.58. The fraction of sp³-hybridized carbons (Fsp3) is 0.125. The Morgan fingerprint density at radius 2 is 2.25 bits per heavy atom. The van der Waals surface area contributed by atoms with Crippen LogP contribution in [0.25, 0.3) is 11.0 Å². The quantitative estimate of drug-likeness (QED) is 0.582. The van der Waals surface area contributed by atoms with Crippen LogP contribution in [0.4, 0.5) is 10.1 Å². The van der Waals surface area contributed by atoms with Crippen LogP contribution < -0.4 is 5.73 Å². The minimum atomic E-state index is -0.422. The zero-order valence-corrected chi connectivity index (χ0v) is 6.56. The Morgan fingerprint density at radius 3 is 3.00 bits per heavy atom. The molecule has 0 radical (unpaired) electrons. The highest BCUT2D eigenvalue weighted by atomic mass is 19.1. The molecule has 0 bridgehead atoms. The second-order valence-corrected chi connectivity index (χ2v) is 2.71. The van der Waals surface area contributed by atoms with Gasteiger partial charge in [-0.15, -0.1) is 0 Å². The first-order valence-corrected chi connectivity index (χ1v) is 3.58. The van der Waals surface area contributed by atoms with Crippen LogP contribution in [0.15, 0.2) is 12.1 Å². The minimum absolute atomic E-state index is 0.145. The number of anilines is 1. The number of hydrogen-bond donors (Lipinski definition) is 2. The summed E-state index contributed by atoms with van der Waals surface area (Å²) >= 11 is 0. The topological polar surface area (TPSA) is 54.7 Å². The Labute approximate surface area is 68.4 Å². The molecule has 0 spiro atoms. The summed E-state index contributed by atoms with van der Waals surface area (Å²) in [7, 11) is 0. The number of nitrogen functional groups attached to an aromatic ring is 1. The number of benzene rings is 1. The van der Waals surface area contributed by atoms with Crippen molar-refractivity contribution in [2.24, 2.45) is 0 Å². The lowest BCUT2D eigenvalue weighted by molar-refractivity contribution is 0.634. The molecule has 0 atom stereocenters. The third kappa shape index (κ3) is 0.922. The number of aromatic nitrogens is 2. The summed E-state index contributed by atoms with van der Waals surface area (Å²) in [4.78, 5) is 7.03. The van der Waals surface area contributed by atoms with E-state index in [2.05, 4.69) is 9.97 Å². The second kappa shape index (κ2) is 2.20. The molecule has 2 aromatic rings. The van der Waals surface area contributed by atoms with Crippen molar-refractivity contribution >= 4 is 16.7 Å². The van der Waals surface area contributed by atoms with E-state index >= 15 is 0 Å². The van der Waals surface area contributed by atoms with Crippen LogP contribution in [0, 0.1) is 12.7 Å². The SMILES string of the molecule is Cc1nc2cc(F)c(N)cc2[nH]1. The summed E-state index contributed by atoms with van der Waals surface area (Å²) < 4.78 is 12.9. The first kappa shape index (κ1) is 7.09. The van der Waals surface area contributed by atoms with E-state index < -0.39 is 5.82 Å². The maximum absolute atomic E-state index is 12.9. The maximum atomic E-state index is 12.9. The van der Waals surface area contributed by atoms with Gasteiger partial charge in [-0.05, 0) is 13.0 Å². The predicted octanol–water partition coefficient (Wildman–Crippen LogP) is 1.59. The van der Waals surface area contributed by atoms with Crippen LogP contribution in [0.3, 0.4) is 0 Å². The molecule has 0 aliphatic rings. The molecular formula is C8H8FN3. The zero-order valence-electron chi connectivity index (χ0n) is 6.56. The molecular weight excluding hydrogens is 157 g/mol. The average Bonchev–Trinajstić information content (AvgIpc) is 2.30. The van der Waals surface area contributed by atoms with E-state index in [1.165, 1.54) is 6.07 Å². The Bertz CT molecular complexity index is 394. The van der Waals surface area contributed by atoms with Crippen LogP contribution in [0.1, 0.15) is 5.82 Å². The van der Waals surface area contributed by atoms with Crippen LogP contribution in [0.5, 0.6) is 0 Å². The first-order valence-electron chi connectivity index (χ1n) is 3.58. The molecule has 0 saturated heterocycles. The highest BCUT2D eigenvalue weighted by Gasteiger charge is 2.03. The van der Waals surface area contributed by atoms with E-state index in [0.29, 0.717) is 5.52 Å². The number of nitrogens with zero attached hydrogens (tertiary/aromatic N) is 1. The molecule has 0 saturated carbocycles. The van der Waals surface area contributed by atoms with Crippen LogP contribution in [-0.4, -0.2) is 9.97 Å². The molecule has 0 fully saturated rings. The van der Waals surface area contributed by atoms with E-state index in [-0.39, 0.29) is 5.69 Å². The van der Waals surface area contributed by atoms with E-state index in [0.717, 1.165) is 11.3 Å².